The number of fused-ring (bicyclic) bond motifs is 1. The molecule has 0 spiro atoms. The molecule has 0 N–H and O–H groups in total. The molecule has 5 nitrogen and oxygen atoms in total. The van der Waals surface area contributed by atoms with Gasteiger partial charge in [0.05, 0.1) is 12.8 Å². The van der Waals surface area contributed by atoms with Crippen molar-refractivity contribution in [3.8, 4) is 17.1 Å². The fraction of sp³-hybridized carbons (Fsp3) is 0.136. The van der Waals surface area contributed by atoms with Gasteiger partial charge < -0.3 is 4.74 Å². The van der Waals surface area contributed by atoms with E-state index in [-0.39, 0.29) is 0 Å². The zero-order valence-corrected chi connectivity index (χ0v) is 15.2. The Morgan fingerprint density at radius 1 is 1.04 bits per heavy atom. The van der Waals surface area contributed by atoms with Gasteiger partial charge in [-0.3, -0.25) is 9.20 Å². The van der Waals surface area contributed by atoms with Crippen molar-refractivity contribution < 1.29 is 9.53 Å². The minimum atomic E-state index is 0.553. The zero-order valence-electron chi connectivity index (χ0n) is 15.2. The van der Waals surface area contributed by atoms with Gasteiger partial charge in [0.25, 0.3) is 0 Å². The summed E-state index contributed by atoms with van der Waals surface area (Å²) in [5.74, 6) is 1.13. The molecule has 0 bridgehead atoms. The summed E-state index contributed by atoms with van der Waals surface area (Å²) in [5, 5.41) is 0. The number of hydrogen-bond donors (Lipinski definition) is 0. The van der Waals surface area contributed by atoms with Crippen LogP contribution in [0.3, 0.4) is 0 Å². The van der Waals surface area contributed by atoms with Crippen LogP contribution in [0.4, 0.5) is 0 Å². The van der Waals surface area contributed by atoms with Gasteiger partial charge in [-0.1, -0.05) is 54.6 Å². The van der Waals surface area contributed by atoms with E-state index in [2.05, 4.69) is 22.1 Å². The van der Waals surface area contributed by atoms with E-state index in [1.807, 2.05) is 53.9 Å². The molecule has 2 aromatic heterocycles. The van der Waals surface area contributed by atoms with Crippen molar-refractivity contribution in [3.05, 3.63) is 83.2 Å². The van der Waals surface area contributed by atoms with Crippen LogP contribution >= 0.6 is 0 Å². The molecule has 4 rings (SSSR count). The van der Waals surface area contributed by atoms with Crippen molar-refractivity contribution in [2.45, 2.75) is 13.3 Å². The number of aldehydes is 1. The maximum atomic E-state index is 11.4. The molecule has 2 heterocycles. The van der Waals surface area contributed by atoms with Crippen molar-refractivity contribution in [2.24, 2.45) is 0 Å². The van der Waals surface area contributed by atoms with Gasteiger partial charge in [0, 0.05) is 35.0 Å². The maximum absolute atomic E-state index is 11.4. The highest BCUT2D eigenvalue weighted by Gasteiger charge is 2.17. The van der Waals surface area contributed by atoms with E-state index in [4.69, 9.17) is 4.74 Å². The molecule has 0 atom stereocenters. The number of carbonyl (C=O) groups excluding carboxylic acids is 1. The molecule has 0 amide bonds. The van der Waals surface area contributed by atoms with Gasteiger partial charge in [-0.2, -0.15) is 4.98 Å². The number of hydrogen-bond acceptors (Lipinski definition) is 4. The van der Waals surface area contributed by atoms with Gasteiger partial charge in [-0.05, 0) is 12.5 Å². The van der Waals surface area contributed by atoms with Crippen LogP contribution in [0.25, 0.3) is 17.0 Å². The lowest BCUT2D eigenvalue weighted by Gasteiger charge is -2.12. The molecule has 0 aliphatic rings. The fourth-order valence-electron chi connectivity index (χ4n) is 3.29. The number of benzene rings is 2. The number of imidazole rings is 1. The lowest BCUT2D eigenvalue weighted by molar-refractivity contribution is 0.112. The molecule has 2 aromatic carbocycles. The number of methoxy groups -OCH3 is 1. The van der Waals surface area contributed by atoms with Crippen LogP contribution in [0.1, 0.15) is 27.2 Å². The number of nitrogens with zero attached hydrogens (tertiary/aromatic N) is 3. The first-order valence-electron chi connectivity index (χ1n) is 8.72. The third-order valence-electron chi connectivity index (χ3n) is 4.73. The smallest absolute Gasteiger partial charge is 0.237 e. The van der Waals surface area contributed by atoms with Crippen molar-refractivity contribution >= 4 is 12.1 Å². The molecular formula is C22H19N3O2. The van der Waals surface area contributed by atoms with Crippen LogP contribution in [0.2, 0.25) is 0 Å². The molecule has 0 saturated carbocycles. The first kappa shape index (κ1) is 17.0. The lowest BCUT2D eigenvalue weighted by atomic mass is 10.0. The average molecular weight is 357 g/mol. The highest BCUT2D eigenvalue weighted by atomic mass is 16.5. The summed E-state index contributed by atoms with van der Waals surface area (Å²) in [6.45, 7) is 2.03. The largest absolute Gasteiger partial charge is 0.481 e. The summed E-state index contributed by atoms with van der Waals surface area (Å²) < 4.78 is 7.50. The third kappa shape index (κ3) is 3.08. The number of aromatic nitrogens is 3. The normalized spacial score (nSPS) is 10.9. The van der Waals surface area contributed by atoms with Gasteiger partial charge in [0.1, 0.15) is 0 Å². The van der Waals surface area contributed by atoms with E-state index in [1.54, 1.807) is 13.2 Å². The van der Waals surface area contributed by atoms with Crippen LogP contribution in [-0.4, -0.2) is 27.8 Å². The minimum Gasteiger partial charge on any atom is -0.481 e. The number of carbonyl (C=O) groups is 1. The van der Waals surface area contributed by atoms with E-state index in [0.717, 1.165) is 29.5 Å². The Morgan fingerprint density at radius 3 is 2.52 bits per heavy atom. The second kappa shape index (κ2) is 7.03. The first-order valence-corrected chi connectivity index (χ1v) is 8.72. The standard InChI is InChI=1S/C22H19N3O2/c1-15-19(12-16-8-4-3-5-9-16)21(27-2)24-22-23-20(13-25(15)22)18-11-7-6-10-17(18)14-26/h3-11,13-14H,12H2,1-2H3. The molecular weight excluding hydrogens is 338 g/mol. The zero-order chi connectivity index (χ0) is 18.8. The summed E-state index contributed by atoms with van der Waals surface area (Å²) >= 11 is 0. The maximum Gasteiger partial charge on any atom is 0.237 e. The number of ether oxygens (including phenoxy) is 1. The van der Waals surface area contributed by atoms with Crippen LogP contribution in [-0.2, 0) is 6.42 Å². The van der Waals surface area contributed by atoms with Gasteiger partial charge in [-0.25, -0.2) is 4.98 Å². The molecule has 0 aliphatic carbocycles. The highest BCUT2D eigenvalue weighted by Crippen LogP contribution is 2.28. The number of rotatable bonds is 5. The second-order valence-electron chi connectivity index (χ2n) is 6.35. The monoisotopic (exact) mass is 357 g/mol. The van der Waals surface area contributed by atoms with E-state index in [1.165, 1.54) is 5.56 Å². The topological polar surface area (TPSA) is 56.5 Å². The Hall–Kier alpha value is -3.47. The first-order chi connectivity index (χ1) is 13.2. The second-order valence-corrected chi connectivity index (χ2v) is 6.35. The molecule has 0 saturated heterocycles. The molecule has 5 heteroatoms. The SMILES string of the molecule is COc1nc2nc(-c3ccccc3C=O)cn2c(C)c1Cc1ccccc1. The minimum absolute atomic E-state index is 0.553. The molecule has 0 radical (unpaired) electrons. The van der Waals surface area contributed by atoms with E-state index in [9.17, 15) is 4.79 Å². The fourth-order valence-corrected chi connectivity index (χ4v) is 3.29. The van der Waals surface area contributed by atoms with E-state index >= 15 is 0 Å². The van der Waals surface area contributed by atoms with E-state index < -0.39 is 0 Å². The van der Waals surface area contributed by atoms with Crippen molar-refractivity contribution in [2.75, 3.05) is 7.11 Å². The molecule has 0 unspecified atom stereocenters. The summed E-state index contributed by atoms with van der Waals surface area (Å²) in [5.41, 5.74) is 5.33. The van der Waals surface area contributed by atoms with Crippen LogP contribution in [0, 0.1) is 6.92 Å². The van der Waals surface area contributed by atoms with Crippen LogP contribution in [0.5, 0.6) is 5.88 Å². The van der Waals surface area contributed by atoms with Crippen LogP contribution in [0.15, 0.2) is 60.8 Å². The summed E-state index contributed by atoms with van der Waals surface area (Å²) in [6.07, 6.45) is 3.49. The molecule has 0 aliphatic heterocycles. The van der Waals surface area contributed by atoms with Crippen molar-refractivity contribution in [3.63, 3.8) is 0 Å². The quantitative estimate of drug-likeness (QED) is 0.504. The Balaban J connectivity index is 1.87. The molecule has 134 valence electrons. The molecule has 4 aromatic rings. The highest BCUT2D eigenvalue weighted by molar-refractivity contribution is 5.86. The molecule has 27 heavy (non-hydrogen) atoms. The Bertz CT molecular complexity index is 1120. The number of aryl methyl sites for hydroxylation is 1. The summed E-state index contributed by atoms with van der Waals surface area (Å²) in [6, 6.07) is 17.6. The predicted octanol–water partition coefficient (Wildman–Crippen LogP) is 4.12. The molecule has 0 fully saturated rings. The summed E-state index contributed by atoms with van der Waals surface area (Å²) in [4.78, 5) is 20.6. The Labute approximate surface area is 157 Å². The van der Waals surface area contributed by atoms with E-state index in [0.29, 0.717) is 22.9 Å². The predicted molar refractivity (Wildman–Crippen MR) is 104 cm³/mol. The van der Waals surface area contributed by atoms with Crippen LogP contribution < -0.4 is 4.74 Å². The third-order valence-corrected chi connectivity index (χ3v) is 4.73. The summed E-state index contributed by atoms with van der Waals surface area (Å²) in [7, 11) is 1.62. The Kier molecular flexibility index (Phi) is 4.42. The lowest BCUT2D eigenvalue weighted by Crippen LogP contribution is -2.05. The van der Waals surface area contributed by atoms with Gasteiger partial charge >= 0.3 is 0 Å². The van der Waals surface area contributed by atoms with Crippen molar-refractivity contribution in [1.29, 1.82) is 0 Å². The van der Waals surface area contributed by atoms with Crippen molar-refractivity contribution in [1.82, 2.24) is 14.4 Å². The Morgan fingerprint density at radius 2 is 1.78 bits per heavy atom. The average Bonchev–Trinajstić information content (AvgIpc) is 3.15. The van der Waals surface area contributed by atoms with Gasteiger partial charge in [-0.15, -0.1) is 0 Å². The van der Waals surface area contributed by atoms with Gasteiger partial charge in [0.2, 0.25) is 11.7 Å². The van der Waals surface area contributed by atoms with Gasteiger partial charge in [0.15, 0.2) is 6.29 Å².